The summed E-state index contributed by atoms with van der Waals surface area (Å²) in [5, 5.41) is 12.8. The Morgan fingerprint density at radius 3 is 3.15 bits per heavy atom. The van der Waals surface area contributed by atoms with E-state index in [1.807, 2.05) is 6.20 Å². The summed E-state index contributed by atoms with van der Waals surface area (Å²) in [7, 11) is 0. The average Bonchev–Trinajstić information content (AvgIpc) is 2.71. The van der Waals surface area contributed by atoms with E-state index >= 15 is 0 Å². The molecule has 0 aromatic carbocycles. The van der Waals surface area contributed by atoms with Gasteiger partial charge in [-0.05, 0) is 0 Å². The molecule has 1 aliphatic rings. The first kappa shape index (κ1) is 8.72. The molecular formula is C9H15N3O. The van der Waals surface area contributed by atoms with E-state index in [0.29, 0.717) is 6.54 Å². The standard InChI is InChI=1S/C9H15N3O/c1-2-9-11-3-4-12(9)7-5-10-6-8(7)13/h3-4,7-8,10,13H,2,5-6H2,1H3. The zero-order valence-corrected chi connectivity index (χ0v) is 7.77. The molecule has 1 aromatic rings. The van der Waals surface area contributed by atoms with Gasteiger partial charge in [-0.1, -0.05) is 6.92 Å². The van der Waals surface area contributed by atoms with Gasteiger partial charge in [-0.2, -0.15) is 0 Å². The highest BCUT2D eigenvalue weighted by Crippen LogP contribution is 2.17. The van der Waals surface area contributed by atoms with E-state index in [0.717, 1.165) is 18.8 Å². The Kier molecular flexibility index (Phi) is 2.33. The first-order chi connectivity index (χ1) is 6.33. The third kappa shape index (κ3) is 1.47. The van der Waals surface area contributed by atoms with Crippen LogP contribution in [-0.2, 0) is 6.42 Å². The van der Waals surface area contributed by atoms with Gasteiger partial charge in [-0.3, -0.25) is 0 Å². The predicted molar refractivity (Wildman–Crippen MR) is 49.5 cm³/mol. The van der Waals surface area contributed by atoms with E-state index < -0.39 is 0 Å². The van der Waals surface area contributed by atoms with Crippen LogP contribution in [-0.4, -0.2) is 33.9 Å². The van der Waals surface area contributed by atoms with Crippen molar-refractivity contribution in [1.82, 2.24) is 14.9 Å². The van der Waals surface area contributed by atoms with Crippen molar-refractivity contribution in [2.45, 2.75) is 25.5 Å². The third-order valence-corrected chi connectivity index (χ3v) is 2.57. The van der Waals surface area contributed by atoms with Crippen LogP contribution in [0.15, 0.2) is 12.4 Å². The van der Waals surface area contributed by atoms with E-state index in [-0.39, 0.29) is 12.1 Å². The van der Waals surface area contributed by atoms with Gasteiger partial charge in [0.1, 0.15) is 5.82 Å². The number of aliphatic hydroxyl groups excluding tert-OH is 1. The zero-order valence-electron chi connectivity index (χ0n) is 7.77. The van der Waals surface area contributed by atoms with Gasteiger partial charge in [0.2, 0.25) is 0 Å². The maximum Gasteiger partial charge on any atom is 0.108 e. The Morgan fingerprint density at radius 2 is 2.54 bits per heavy atom. The number of nitrogens with one attached hydrogen (secondary N) is 1. The van der Waals surface area contributed by atoms with Gasteiger partial charge in [0, 0.05) is 31.9 Å². The molecule has 4 nitrogen and oxygen atoms in total. The molecule has 2 rings (SSSR count). The topological polar surface area (TPSA) is 50.1 Å². The van der Waals surface area contributed by atoms with Crippen molar-refractivity contribution in [3.8, 4) is 0 Å². The van der Waals surface area contributed by atoms with Crippen molar-refractivity contribution in [2.75, 3.05) is 13.1 Å². The Balaban J connectivity index is 2.23. The molecule has 72 valence electrons. The van der Waals surface area contributed by atoms with Gasteiger partial charge in [-0.25, -0.2) is 4.98 Å². The Labute approximate surface area is 77.6 Å². The minimum atomic E-state index is -0.278. The molecule has 0 amide bonds. The number of aliphatic hydroxyl groups is 1. The lowest BCUT2D eigenvalue weighted by Crippen LogP contribution is -2.23. The van der Waals surface area contributed by atoms with E-state index in [9.17, 15) is 5.11 Å². The lowest BCUT2D eigenvalue weighted by atomic mass is 10.2. The molecule has 1 aliphatic heterocycles. The third-order valence-electron chi connectivity index (χ3n) is 2.57. The molecule has 2 atom stereocenters. The van der Waals surface area contributed by atoms with Crippen LogP contribution in [0.5, 0.6) is 0 Å². The van der Waals surface area contributed by atoms with Crippen molar-refractivity contribution in [2.24, 2.45) is 0 Å². The van der Waals surface area contributed by atoms with Crippen LogP contribution in [0.1, 0.15) is 18.8 Å². The number of aromatic nitrogens is 2. The molecule has 2 unspecified atom stereocenters. The molecule has 1 saturated heterocycles. The van der Waals surface area contributed by atoms with Crippen LogP contribution in [0.3, 0.4) is 0 Å². The second-order valence-electron chi connectivity index (χ2n) is 3.40. The highest BCUT2D eigenvalue weighted by Gasteiger charge is 2.27. The zero-order chi connectivity index (χ0) is 9.26. The fraction of sp³-hybridized carbons (Fsp3) is 0.667. The molecule has 0 radical (unpaired) electrons. The molecule has 13 heavy (non-hydrogen) atoms. The van der Waals surface area contributed by atoms with Gasteiger partial charge in [-0.15, -0.1) is 0 Å². The average molecular weight is 181 g/mol. The minimum absolute atomic E-state index is 0.164. The summed E-state index contributed by atoms with van der Waals surface area (Å²) in [6.07, 6.45) is 4.37. The highest BCUT2D eigenvalue weighted by atomic mass is 16.3. The Hall–Kier alpha value is -0.870. The summed E-state index contributed by atoms with van der Waals surface area (Å²) in [6, 6.07) is 0.164. The molecular weight excluding hydrogens is 166 g/mol. The molecule has 0 bridgehead atoms. The van der Waals surface area contributed by atoms with E-state index in [1.54, 1.807) is 6.20 Å². The first-order valence-electron chi connectivity index (χ1n) is 4.73. The SMILES string of the molecule is CCc1nccn1C1CNCC1O. The molecule has 1 aromatic heterocycles. The van der Waals surface area contributed by atoms with Crippen molar-refractivity contribution in [3.63, 3.8) is 0 Å². The summed E-state index contributed by atoms with van der Waals surface area (Å²) in [5.74, 6) is 1.05. The maximum absolute atomic E-state index is 9.67. The van der Waals surface area contributed by atoms with Crippen molar-refractivity contribution < 1.29 is 5.11 Å². The second kappa shape index (κ2) is 3.47. The van der Waals surface area contributed by atoms with Crippen molar-refractivity contribution in [1.29, 1.82) is 0 Å². The van der Waals surface area contributed by atoms with Crippen LogP contribution in [0.4, 0.5) is 0 Å². The first-order valence-corrected chi connectivity index (χ1v) is 4.73. The number of rotatable bonds is 2. The van der Waals surface area contributed by atoms with Gasteiger partial charge in [0.25, 0.3) is 0 Å². The number of hydrogen-bond acceptors (Lipinski definition) is 3. The predicted octanol–water partition coefficient (Wildman–Crippen LogP) is -0.0493. The quantitative estimate of drug-likeness (QED) is 0.672. The van der Waals surface area contributed by atoms with E-state index in [1.165, 1.54) is 0 Å². The van der Waals surface area contributed by atoms with Gasteiger partial charge >= 0.3 is 0 Å². The Morgan fingerprint density at radius 1 is 1.69 bits per heavy atom. The number of nitrogens with zero attached hydrogens (tertiary/aromatic N) is 2. The molecule has 1 fully saturated rings. The molecule has 2 N–H and O–H groups in total. The maximum atomic E-state index is 9.67. The monoisotopic (exact) mass is 181 g/mol. The van der Waals surface area contributed by atoms with Crippen LogP contribution >= 0.6 is 0 Å². The van der Waals surface area contributed by atoms with Gasteiger partial charge in [0.05, 0.1) is 12.1 Å². The summed E-state index contributed by atoms with van der Waals surface area (Å²) in [5.41, 5.74) is 0. The number of hydrogen-bond donors (Lipinski definition) is 2. The smallest absolute Gasteiger partial charge is 0.108 e. The summed E-state index contributed by atoms with van der Waals surface area (Å²) in [4.78, 5) is 4.24. The fourth-order valence-corrected chi connectivity index (χ4v) is 1.85. The van der Waals surface area contributed by atoms with Gasteiger partial charge in [0.15, 0.2) is 0 Å². The normalized spacial score (nSPS) is 28.2. The van der Waals surface area contributed by atoms with Crippen LogP contribution < -0.4 is 5.32 Å². The lowest BCUT2D eigenvalue weighted by Gasteiger charge is -2.17. The van der Waals surface area contributed by atoms with Crippen molar-refractivity contribution in [3.05, 3.63) is 18.2 Å². The molecule has 0 saturated carbocycles. The summed E-state index contributed by atoms with van der Waals surface area (Å²) < 4.78 is 2.07. The second-order valence-corrected chi connectivity index (χ2v) is 3.40. The molecule has 0 aliphatic carbocycles. The largest absolute Gasteiger partial charge is 0.390 e. The van der Waals surface area contributed by atoms with Crippen LogP contribution in [0.25, 0.3) is 0 Å². The van der Waals surface area contributed by atoms with Gasteiger partial charge < -0.3 is 15.0 Å². The summed E-state index contributed by atoms with van der Waals surface area (Å²) in [6.45, 7) is 3.60. The highest BCUT2D eigenvalue weighted by molar-refractivity contribution is 4.99. The van der Waals surface area contributed by atoms with E-state index in [4.69, 9.17) is 0 Å². The van der Waals surface area contributed by atoms with Crippen molar-refractivity contribution >= 4 is 0 Å². The van der Waals surface area contributed by atoms with Crippen LogP contribution in [0, 0.1) is 0 Å². The Bertz CT molecular complexity index is 284. The molecule has 0 spiro atoms. The van der Waals surface area contributed by atoms with Crippen LogP contribution in [0.2, 0.25) is 0 Å². The minimum Gasteiger partial charge on any atom is -0.390 e. The number of imidazole rings is 1. The number of β-amino-alcohol motifs (C(OH)–C–C–N with tert-alkyl or cyclic N) is 1. The fourth-order valence-electron chi connectivity index (χ4n) is 1.85. The summed E-state index contributed by atoms with van der Waals surface area (Å²) >= 11 is 0. The van der Waals surface area contributed by atoms with E-state index in [2.05, 4.69) is 21.8 Å². The number of aryl methyl sites for hydroxylation is 1. The molecule has 4 heteroatoms. The molecule has 2 heterocycles. The lowest BCUT2D eigenvalue weighted by molar-refractivity contribution is 0.149.